The SMILES string of the molecule is C1=Cc2c(c3c(c4cccc5c4c4c6c(cccc6n(-c6cccc(-c7ccccc7)n6)c34)-c3ccccc3-5)n2-c2ccccc2)CC1. The number of para-hydroxylation sites is 1. The van der Waals surface area contributed by atoms with Crippen molar-refractivity contribution in [2.75, 3.05) is 0 Å². The van der Waals surface area contributed by atoms with E-state index in [0.29, 0.717) is 0 Å². The van der Waals surface area contributed by atoms with Crippen LogP contribution in [-0.2, 0) is 6.42 Å². The number of nitrogens with zero attached hydrogens (tertiary/aromatic N) is 3. The van der Waals surface area contributed by atoms with Crippen LogP contribution in [0, 0.1) is 0 Å². The van der Waals surface area contributed by atoms with Gasteiger partial charge in [-0.05, 0) is 77.1 Å². The van der Waals surface area contributed by atoms with Crippen molar-refractivity contribution in [1.82, 2.24) is 14.1 Å². The molecule has 0 radical (unpaired) electrons. The highest BCUT2D eigenvalue weighted by atomic mass is 15.1. The molecule has 0 unspecified atom stereocenters. The Labute approximate surface area is 277 Å². The molecule has 2 aliphatic rings. The van der Waals surface area contributed by atoms with E-state index in [-0.39, 0.29) is 0 Å². The monoisotopic (exact) mass is 611 g/mol. The number of rotatable bonds is 3. The highest BCUT2D eigenvalue weighted by Gasteiger charge is 2.31. The molecule has 48 heavy (non-hydrogen) atoms. The van der Waals surface area contributed by atoms with Crippen LogP contribution < -0.4 is 0 Å². The predicted molar refractivity (Wildman–Crippen MR) is 200 cm³/mol. The molecule has 0 saturated heterocycles. The minimum atomic E-state index is 0.938. The summed E-state index contributed by atoms with van der Waals surface area (Å²) in [7, 11) is 0. The quantitative estimate of drug-likeness (QED) is 0.195. The zero-order valence-corrected chi connectivity index (χ0v) is 26.2. The van der Waals surface area contributed by atoms with Gasteiger partial charge in [-0.1, -0.05) is 115 Å². The van der Waals surface area contributed by atoms with Crippen LogP contribution in [0.1, 0.15) is 17.7 Å². The van der Waals surface area contributed by atoms with E-state index in [9.17, 15) is 0 Å². The Morgan fingerprint density at radius 1 is 0.500 bits per heavy atom. The molecule has 0 fully saturated rings. The maximum Gasteiger partial charge on any atom is 0.138 e. The van der Waals surface area contributed by atoms with E-state index in [1.165, 1.54) is 82.7 Å². The van der Waals surface area contributed by atoms with Gasteiger partial charge in [0.05, 0.1) is 22.2 Å². The summed E-state index contributed by atoms with van der Waals surface area (Å²) in [5.74, 6) is 0.938. The summed E-state index contributed by atoms with van der Waals surface area (Å²) in [5.41, 5.74) is 14.8. The van der Waals surface area contributed by atoms with Gasteiger partial charge in [-0.3, -0.25) is 4.57 Å². The second kappa shape index (κ2) is 9.66. The van der Waals surface area contributed by atoms with Gasteiger partial charge in [0.1, 0.15) is 5.82 Å². The van der Waals surface area contributed by atoms with Gasteiger partial charge >= 0.3 is 0 Å². The number of hydrogen-bond donors (Lipinski definition) is 0. The van der Waals surface area contributed by atoms with Crippen LogP contribution in [0.2, 0.25) is 0 Å². The number of pyridine rings is 1. The van der Waals surface area contributed by atoms with Crippen molar-refractivity contribution < 1.29 is 0 Å². The van der Waals surface area contributed by atoms with Gasteiger partial charge in [0.25, 0.3) is 0 Å². The first-order valence-electron chi connectivity index (χ1n) is 16.8. The minimum Gasteiger partial charge on any atom is -0.309 e. The molecule has 2 aliphatic carbocycles. The van der Waals surface area contributed by atoms with Crippen LogP contribution in [0.4, 0.5) is 0 Å². The summed E-state index contributed by atoms with van der Waals surface area (Å²) in [6.45, 7) is 0. The van der Waals surface area contributed by atoms with Crippen molar-refractivity contribution in [3.8, 4) is 45.0 Å². The average molecular weight is 612 g/mol. The average Bonchev–Trinajstić information content (AvgIpc) is 3.65. The number of benzene rings is 6. The minimum absolute atomic E-state index is 0.938. The molecule has 224 valence electrons. The molecule has 9 aromatic rings. The molecule has 3 heteroatoms. The molecule has 6 aromatic carbocycles. The molecular formula is C45H29N3. The molecule has 0 spiro atoms. The van der Waals surface area contributed by atoms with E-state index in [2.05, 4.69) is 161 Å². The molecule has 11 rings (SSSR count). The Kier molecular flexibility index (Phi) is 5.22. The fraction of sp³-hybridized carbons (Fsp3) is 0.0444. The van der Waals surface area contributed by atoms with E-state index >= 15 is 0 Å². The van der Waals surface area contributed by atoms with Gasteiger partial charge in [-0.15, -0.1) is 0 Å². The van der Waals surface area contributed by atoms with E-state index < -0.39 is 0 Å². The molecule has 0 N–H and O–H groups in total. The summed E-state index contributed by atoms with van der Waals surface area (Å²) in [4.78, 5) is 5.41. The maximum atomic E-state index is 5.41. The molecule has 0 amide bonds. The van der Waals surface area contributed by atoms with E-state index in [4.69, 9.17) is 4.98 Å². The van der Waals surface area contributed by atoms with Crippen molar-refractivity contribution >= 4 is 49.6 Å². The van der Waals surface area contributed by atoms with Crippen molar-refractivity contribution in [2.45, 2.75) is 12.8 Å². The Hall–Kier alpha value is -6.19. The van der Waals surface area contributed by atoms with Crippen molar-refractivity contribution in [3.63, 3.8) is 0 Å². The number of hydrogen-bond acceptors (Lipinski definition) is 1. The van der Waals surface area contributed by atoms with E-state index in [1.54, 1.807) is 0 Å². The normalized spacial score (nSPS) is 13.2. The van der Waals surface area contributed by atoms with Gasteiger partial charge in [0, 0.05) is 43.9 Å². The van der Waals surface area contributed by atoms with Crippen LogP contribution in [0.15, 0.2) is 146 Å². The standard InChI is InChI=1S/C45H29N3/c1-3-14-28(15-4-1)36-24-13-27-39(46-36)48-38-26-12-22-33-31-19-8-7-18-30(31)32-21-11-23-35-40(32)43(41(33)38)45(48)42-34-20-9-10-25-37(34)47(44(35)42)29-16-5-2-6-17-29/h1-8,10-19,21-27H,9,20H2. The highest BCUT2D eigenvalue weighted by molar-refractivity contribution is 6.38. The first kappa shape index (κ1) is 25.9. The molecular weight excluding hydrogens is 583 g/mol. The summed E-state index contributed by atoms with van der Waals surface area (Å²) >= 11 is 0. The first-order valence-corrected chi connectivity index (χ1v) is 16.8. The van der Waals surface area contributed by atoms with Crippen LogP contribution in [0.3, 0.4) is 0 Å². The third-order valence-electron chi connectivity index (χ3n) is 10.5. The molecule has 0 atom stereocenters. The zero-order chi connectivity index (χ0) is 31.3. The second-order valence-electron chi connectivity index (χ2n) is 13.0. The lowest BCUT2D eigenvalue weighted by Crippen LogP contribution is -2.00. The van der Waals surface area contributed by atoms with Crippen LogP contribution in [0.5, 0.6) is 0 Å². The van der Waals surface area contributed by atoms with Gasteiger partial charge < -0.3 is 4.57 Å². The number of fused-ring (bicyclic) bond motifs is 8. The number of allylic oxidation sites excluding steroid dienone is 1. The predicted octanol–water partition coefficient (Wildman–Crippen LogP) is 11.5. The fourth-order valence-electron chi connectivity index (χ4n) is 8.64. The van der Waals surface area contributed by atoms with Crippen molar-refractivity contribution in [3.05, 3.63) is 157 Å². The van der Waals surface area contributed by atoms with Gasteiger partial charge in [0.15, 0.2) is 0 Å². The molecule has 3 nitrogen and oxygen atoms in total. The first-order chi connectivity index (χ1) is 23.9. The summed E-state index contributed by atoms with van der Waals surface area (Å²) < 4.78 is 4.99. The summed E-state index contributed by atoms with van der Waals surface area (Å²) in [6.07, 6.45) is 6.71. The second-order valence-corrected chi connectivity index (χ2v) is 13.0. The van der Waals surface area contributed by atoms with Gasteiger partial charge in [-0.25, -0.2) is 4.98 Å². The third kappa shape index (κ3) is 3.35. The van der Waals surface area contributed by atoms with Gasteiger partial charge in [0.2, 0.25) is 0 Å². The van der Waals surface area contributed by atoms with Crippen molar-refractivity contribution in [2.24, 2.45) is 0 Å². The maximum absolute atomic E-state index is 5.41. The lowest BCUT2D eigenvalue weighted by molar-refractivity contribution is 0.968. The summed E-state index contributed by atoms with van der Waals surface area (Å²) in [6, 6.07) is 50.6. The van der Waals surface area contributed by atoms with E-state index in [1.807, 2.05) is 0 Å². The number of aryl methyl sites for hydroxylation is 1. The molecule has 3 heterocycles. The Balaban J connectivity index is 1.44. The fourth-order valence-corrected chi connectivity index (χ4v) is 8.64. The molecule has 3 aromatic heterocycles. The van der Waals surface area contributed by atoms with Crippen LogP contribution in [0.25, 0.3) is 94.6 Å². The lowest BCUT2D eigenvalue weighted by atomic mass is 9.91. The van der Waals surface area contributed by atoms with Crippen molar-refractivity contribution in [1.29, 1.82) is 0 Å². The third-order valence-corrected chi connectivity index (χ3v) is 10.5. The Bertz CT molecular complexity index is 2820. The Morgan fingerprint density at radius 3 is 2.00 bits per heavy atom. The molecule has 0 aliphatic heterocycles. The summed E-state index contributed by atoms with van der Waals surface area (Å²) in [5, 5.41) is 6.56. The topological polar surface area (TPSA) is 22.8 Å². The largest absolute Gasteiger partial charge is 0.309 e. The van der Waals surface area contributed by atoms with Gasteiger partial charge in [-0.2, -0.15) is 0 Å². The smallest absolute Gasteiger partial charge is 0.138 e. The van der Waals surface area contributed by atoms with E-state index in [0.717, 1.165) is 29.9 Å². The number of aromatic nitrogens is 3. The van der Waals surface area contributed by atoms with Crippen LogP contribution >= 0.6 is 0 Å². The molecule has 0 saturated carbocycles. The lowest BCUT2D eigenvalue weighted by Gasteiger charge is -2.16. The highest BCUT2D eigenvalue weighted by Crippen LogP contribution is 2.53. The molecule has 0 bridgehead atoms. The van der Waals surface area contributed by atoms with Crippen LogP contribution in [-0.4, -0.2) is 14.1 Å². The zero-order valence-electron chi connectivity index (χ0n) is 26.2. The Morgan fingerprint density at radius 2 is 1.19 bits per heavy atom.